The minimum Gasteiger partial charge on any atom is -0.368 e. The Hall–Kier alpha value is -3.49. The average molecular weight is 322 g/mol. The van der Waals surface area contributed by atoms with Crippen LogP contribution in [-0.2, 0) is 6.42 Å². The van der Waals surface area contributed by atoms with Crippen LogP contribution in [0.25, 0.3) is 17.0 Å². The summed E-state index contributed by atoms with van der Waals surface area (Å²) >= 11 is 0. The molecule has 0 spiro atoms. The molecule has 9 nitrogen and oxygen atoms in total. The van der Waals surface area contributed by atoms with Gasteiger partial charge >= 0.3 is 5.69 Å². The van der Waals surface area contributed by atoms with Gasteiger partial charge in [0.2, 0.25) is 0 Å². The summed E-state index contributed by atoms with van der Waals surface area (Å²) in [6.45, 7) is 0.585. The zero-order valence-electron chi connectivity index (χ0n) is 12.6. The molecule has 9 heteroatoms. The van der Waals surface area contributed by atoms with Crippen LogP contribution in [0.5, 0.6) is 0 Å². The van der Waals surface area contributed by atoms with Crippen molar-refractivity contribution in [2.24, 2.45) is 0 Å². The van der Waals surface area contributed by atoms with Crippen LogP contribution in [0, 0.1) is 0 Å². The van der Waals surface area contributed by atoms with Gasteiger partial charge in [0.05, 0.1) is 0 Å². The first-order chi connectivity index (χ1) is 11.8. The highest BCUT2D eigenvalue weighted by atomic mass is 16.1. The molecule has 3 aromatic heterocycles. The summed E-state index contributed by atoms with van der Waals surface area (Å²) in [5.74, 6) is 1.98. The van der Waals surface area contributed by atoms with Gasteiger partial charge in [-0.25, -0.2) is 9.89 Å². The Bertz CT molecular complexity index is 1020. The molecule has 120 valence electrons. The van der Waals surface area contributed by atoms with E-state index in [-0.39, 0.29) is 5.69 Å². The van der Waals surface area contributed by atoms with Crippen molar-refractivity contribution >= 4 is 11.5 Å². The molecule has 3 heterocycles. The molecular weight excluding hydrogens is 308 g/mol. The first kappa shape index (κ1) is 14.1. The van der Waals surface area contributed by atoms with Gasteiger partial charge in [-0.05, 0) is 12.1 Å². The van der Waals surface area contributed by atoms with Crippen LogP contribution in [0.2, 0.25) is 0 Å². The van der Waals surface area contributed by atoms with E-state index in [1.807, 2.05) is 42.5 Å². The van der Waals surface area contributed by atoms with Crippen LogP contribution >= 0.6 is 0 Å². The second-order valence-corrected chi connectivity index (χ2v) is 5.18. The van der Waals surface area contributed by atoms with Gasteiger partial charge in [-0.15, -0.1) is 15.3 Å². The zero-order valence-corrected chi connectivity index (χ0v) is 12.6. The number of anilines is 1. The van der Waals surface area contributed by atoms with Crippen LogP contribution in [0.1, 0.15) is 5.82 Å². The van der Waals surface area contributed by atoms with Crippen LogP contribution in [0.15, 0.2) is 47.3 Å². The van der Waals surface area contributed by atoms with E-state index in [1.165, 1.54) is 0 Å². The van der Waals surface area contributed by atoms with Crippen molar-refractivity contribution in [1.82, 2.24) is 35.0 Å². The van der Waals surface area contributed by atoms with Gasteiger partial charge < -0.3 is 5.32 Å². The van der Waals surface area contributed by atoms with Crippen LogP contribution < -0.4 is 11.0 Å². The number of hydrogen-bond acceptors (Lipinski definition) is 6. The van der Waals surface area contributed by atoms with E-state index in [1.54, 1.807) is 4.52 Å². The third kappa shape index (κ3) is 2.74. The number of nitrogens with zero attached hydrogens (tertiary/aromatic N) is 5. The normalized spacial score (nSPS) is 11.0. The molecule has 0 aliphatic carbocycles. The molecule has 0 aliphatic rings. The van der Waals surface area contributed by atoms with Gasteiger partial charge in [0.15, 0.2) is 11.5 Å². The van der Waals surface area contributed by atoms with Crippen molar-refractivity contribution in [2.75, 3.05) is 11.9 Å². The Labute approximate surface area is 135 Å². The van der Waals surface area contributed by atoms with Crippen LogP contribution in [-0.4, -0.2) is 41.5 Å². The summed E-state index contributed by atoms with van der Waals surface area (Å²) in [4.78, 5) is 13.6. The Morgan fingerprint density at radius 3 is 2.75 bits per heavy atom. The van der Waals surface area contributed by atoms with Crippen molar-refractivity contribution in [3.63, 3.8) is 0 Å². The van der Waals surface area contributed by atoms with Gasteiger partial charge in [-0.3, -0.25) is 4.98 Å². The lowest BCUT2D eigenvalue weighted by Gasteiger charge is -2.05. The molecule has 0 bridgehead atoms. The minimum absolute atomic E-state index is 0.304. The number of aromatic nitrogens is 7. The molecule has 4 rings (SSSR count). The quantitative estimate of drug-likeness (QED) is 0.502. The van der Waals surface area contributed by atoms with E-state index < -0.39 is 0 Å². The minimum atomic E-state index is -0.304. The average Bonchev–Trinajstić information content (AvgIpc) is 3.21. The van der Waals surface area contributed by atoms with E-state index in [4.69, 9.17) is 0 Å². The molecule has 4 aromatic rings. The van der Waals surface area contributed by atoms with Crippen molar-refractivity contribution in [2.45, 2.75) is 6.42 Å². The number of rotatable bonds is 5. The SMILES string of the molecule is O=c1[nH]nc(CCNc2ccc3nnc(-c4ccccc4)n3n2)[nH]1. The van der Waals surface area contributed by atoms with Gasteiger partial charge in [0, 0.05) is 18.5 Å². The third-order valence-corrected chi connectivity index (χ3v) is 3.51. The number of fused-ring (bicyclic) bond motifs is 1. The Morgan fingerprint density at radius 1 is 1.08 bits per heavy atom. The maximum atomic E-state index is 11.0. The third-order valence-electron chi connectivity index (χ3n) is 3.51. The summed E-state index contributed by atoms with van der Waals surface area (Å²) < 4.78 is 1.70. The largest absolute Gasteiger partial charge is 0.368 e. The predicted molar refractivity (Wildman–Crippen MR) is 87.6 cm³/mol. The van der Waals surface area contributed by atoms with Gasteiger partial charge in [0.1, 0.15) is 11.6 Å². The molecule has 0 unspecified atom stereocenters. The summed E-state index contributed by atoms with van der Waals surface area (Å²) in [6.07, 6.45) is 0.576. The number of nitrogens with one attached hydrogen (secondary N) is 3. The van der Waals surface area contributed by atoms with Crippen molar-refractivity contribution in [1.29, 1.82) is 0 Å². The molecule has 0 saturated heterocycles. The smallest absolute Gasteiger partial charge is 0.340 e. The topological polar surface area (TPSA) is 117 Å². The monoisotopic (exact) mass is 322 g/mol. The Balaban J connectivity index is 1.55. The maximum Gasteiger partial charge on any atom is 0.340 e. The fourth-order valence-corrected chi connectivity index (χ4v) is 2.38. The lowest BCUT2D eigenvalue weighted by molar-refractivity contribution is 0.878. The molecule has 1 aromatic carbocycles. The van der Waals surface area contributed by atoms with E-state index in [0.29, 0.717) is 36.1 Å². The number of H-pyrrole nitrogens is 2. The Kier molecular flexibility index (Phi) is 3.50. The summed E-state index contributed by atoms with van der Waals surface area (Å²) in [7, 11) is 0. The summed E-state index contributed by atoms with van der Waals surface area (Å²) in [5.41, 5.74) is 1.32. The standard InChI is InChI=1S/C15H14N8O/c24-15-17-12(18-21-15)8-9-16-11-6-7-13-19-20-14(23(13)22-11)10-4-2-1-3-5-10/h1-7H,8-9H2,(H,16,22)(H2,17,18,21,24). The molecule has 0 atom stereocenters. The van der Waals surface area contributed by atoms with E-state index >= 15 is 0 Å². The molecule has 0 fully saturated rings. The number of hydrogen-bond donors (Lipinski definition) is 3. The van der Waals surface area contributed by atoms with Crippen molar-refractivity contribution in [3.8, 4) is 11.4 Å². The van der Waals surface area contributed by atoms with Gasteiger partial charge in [-0.2, -0.15) is 9.61 Å². The summed E-state index contributed by atoms with van der Waals surface area (Å²) in [6, 6.07) is 13.5. The number of benzene rings is 1. The molecular formula is C15H14N8O. The molecule has 0 radical (unpaired) electrons. The van der Waals surface area contributed by atoms with Crippen molar-refractivity contribution < 1.29 is 0 Å². The second kappa shape index (κ2) is 5.95. The highest BCUT2D eigenvalue weighted by Gasteiger charge is 2.09. The first-order valence-electron chi connectivity index (χ1n) is 7.45. The van der Waals surface area contributed by atoms with Crippen LogP contribution in [0.4, 0.5) is 5.82 Å². The predicted octanol–water partition coefficient (Wildman–Crippen LogP) is 0.857. The Morgan fingerprint density at radius 2 is 1.96 bits per heavy atom. The van der Waals surface area contributed by atoms with Gasteiger partial charge in [-0.1, -0.05) is 30.3 Å². The lowest BCUT2D eigenvalue weighted by atomic mass is 10.2. The van der Waals surface area contributed by atoms with Gasteiger partial charge in [0.25, 0.3) is 0 Å². The van der Waals surface area contributed by atoms with Crippen LogP contribution in [0.3, 0.4) is 0 Å². The van der Waals surface area contributed by atoms with E-state index in [2.05, 4.69) is 35.8 Å². The van der Waals surface area contributed by atoms with E-state index in [0.717, 1.165) is 5.56 Å². The fraction of sp³-hybridized carbons (Fsp3) is 0.133. The molecule has 0 amide bonds. The van der Waals surface area contributed by atoms with Crippen molar-refractivity contribution in [3.05, 3.63) is 58.8 Å². The second-order valence-electron chi connectivity index (χ2n) is 5.18. The molecule has 24 heavy (non-hydrogen) atoms. The lowest BCUT2D eigenvalue weighted by Crippen LogP contribution is -2.09. The molecule has 0 aliphatic heterocycles. The zero-order chi connectivity index (χ0) is 16.4. The molecule has 0 saturated carbocycles. The molecule has 3 N–H and O–H groups in total. The fourth-order valence-electron chi connectivity index (χ4n) is 2.38. The highest BCUT2D eigenvalue weighted by Crippen LogP contribution is 2.17. The van der Waals surface area contributed by atoms with E-state index in [9.17, 15) is 4.79 Å². The highest BCUT2D eigenvalue weighted by molar-refractivity contribution is 5.59. The maximum absolute atomic E-state index is 11.0. The first-order valence-corrected chi connectivity index (χ1v) is 7.45. The number of aromatic amines is 2. The summed E-state index contributed by atoms with van der Waals surface area (Å²) in [5, 5.41) is 22.3.